The topological polar surface area (TPSA) is 70.6 Å². The normalized spacial score (nSPS) is 12.8. The molecule has 0 aliphatic heterocycles. The summed E-state index contributed by atoms with van der Waals surface area (Å²) < 4.78 is 5.16. The molecule has 112 valence electrons. The highest BCUT2D eigenvalue weighted by molar-refractivity contribution is 5.81. The second kappa shape index (κ2) is 6.61. The second-order valence-corrected chi connectivity index (χ2v) is 5.49. The number of hydrogen-bond acceptors (Lipinski definition) is 4. The van der Waals surface area contributed by atoms with Gasteiger partial charge >= 0.3 is 0 Å². The van der Waals surface area contributed by atoms with Crippen LogP contribution in [0.25, 0.3) is 0 Å². The van der Waals surface area contributed by atoms with Crippen LogP contribution in [0.5, 0.6) is 11.5 Å². The van der Waals surface area contributed by atoms with E-state index in [0.29, 0.717) is 12.3 Å². The Bertz CT molecular complexity index is 472. The monoisotopic (exact) mass is 280 g/mol. The first-order chi connectivity index (χ1) is 9.31. The summed E-state index contributed by atoms with van der Waals surface area (Å²) >= 11 is 0. The van der Waals surface area contributed by atoms with E-state index in [9.17, 15) is 9.90 Å². The number of phenolic OH excluding ortho intramolecular Hbond substituents is 1. The number of hydrogen-bond donors (Lipinski definition) is 3. The fourth-order valence-corrected chi connectivity index (χ4v) is 1.94. The zero-order valence-electron chi connectivity index (χ0n) is 12.8. The molecule has 0 saturated heterocycles. The molecule has 20 heavy (non-hydrogen) atoms. The van der Waals surface area contributed by atoms with E-state index in [1.165, 1.54) is 0 Å². The van der Waals surface area contributed by atoms with E-state index in [1.807, 2.05) is 20.8 Å². The van der Waals surface area contributed by atoms with Gasteiger partial charge in [-0.05, 0) is 39.0 Å². The molecule has 1 atom stereocenters. The molecule has 0 spiro atoms. The molecule has 0 radical (unpaired) electrons. The van der Waals surface area contributed by atoms with Gasteiger partial charge in [-0.3, -0.25) is 4.79 Å². The summed E-state index contributed by atoms with van der Waals surface area (Å²) in [6.07, 6.45) is 0. The van der Waals surface area contributed by atoms with Crippen molar-refractivity contribution in [2.45, 2.75) is 26.8 Å². The van der Waals surface area contributed by atoms with Crippen LogP contribution < -0.4 is 15.4 Å². The van der Waals surface area contributed by atoms with Gasteiger partial charge in [0.2, 0.25) is 5.91 Å². The Kier molecular flexibility index (Phi) is 5.39. The summed E-state index contributed by atoms with van der Waals surface area (Å²) in [6.45, 7) is 6.19. The van der Waals surface area contributed by atoms with Gasteiger partial charge in [0, 0.05) is 25.2 Å². The van der Waals surface area contributed by atoms with Gasteiger partial charge in [0.15, 0.2) is 0 Å². The Morgan fingerprint density at radius 1 is 1.45 bits per heavy atom. The molecule has 5 heteroatoms. The maximum atomic E-state index is 11.7. The van der Waals surface area contributed by atoms with E-state index in [-0.39, 0.29) is 17.7 Å². The lowest BCUT2D eigenvalue weighted by Crippen LogP contribution is -2.42. The van der Waals surface area contributed by atoms with Gasteiger partial charge in [-0.15, -0.1) is 0 Å². The lowest BCUT2D eigenvalue weighted by Gasteiger charge is -2.26. The van der Waals surface area contributed by atoms with Crippen molar-refractivity contribution >= 4 is 5.91 Å². The fourth-order valence-electron chi connectivity index (χ4n) is 1.94. The molecule has 0 aromatic heterocycles. The van der Waals surface area contributed by atoms with Gasteiger partial charge in [0.1, 0.15) is 11.5 Å². The van der Waals surface area contributed by atoms with E-state index >= 15 is 0 Å². The number of benzene rings is 1. The highest BCUT2D eigenvalue weighted by Gasteiger charge is 2.27. The molecule has 0 heterocycles. The predicted octanol–water partition coefficient (Wildman–Crippen LogP) is 1.82. The van der Waals surface area contributed by atoms with Crippen LogP contribution in [-0.2, 0) is 4.79 Å². The third kappa shape index (κ3) is 3.87. The number of phenols is 1. The average Bonchev–Trinajstić information content (AvgIpc) is 2.44. The zero-order valence-corrected chi connectivity index (χ0v) is 12.8. The minimum atomic E-state index is -0.516. The minimum Gasteiger partial charge on any atom is -0.508 e. The van der Waals surface area contributed by atoms with E-state index in [0.717, 1.165) is 5.56 Å². The lowest BCUT2D eigenvalue weighted by molar-refractivity contribution is -0.128. The molecule has 1 aromatic rings. The van der Waals surface area contributed by atoms with Crippen molar-refractivity contribution in [2.24, 2.45) is 5.41 Å². The number of aromatic hydroxyl groups is 1. The predicted molar refractivity (Wildman–Crippen MR) is 78.9 cm³/mol. The summed E-state index contributed by atoms with van der Waals surface area (Å²) in [7, 11) is 3.21. The van der Waals surface area contributed by atoms with Gasteiger partial charge < -0.3 is 20.5 Å². The molecule has 1 unspecified atom stereocenters. The van der Waals surface area contributed by atoms with Gasteiger partial charge in [0.25, 0.3) is 0 Å². The number of amides is 1. The highest BCUT2D eigenvalue weighted by Crippen LogP contribution is 2.28. The van der Waals surface area contributed by atoms with E-state index in [1.54, 1.807) is 32.4 Å². The van der Waals surface area contributed by atoms with Crippen LogP contribution >= 0.6 is 0 Å². The minimum absolute atomic E-state index is 0.0212. The van der Waals surface area contributed by atoms with Crippen LogP contribution in [0, 0.1) is 5.41 Å². The van der Waals surface area contributed by atoms with Crippen LogP contribution in [0.1, 0.15) is 32.4 Å². The highest BCUT2D eigenvalue weighted by atomic mass is 16.5. The first kappa shape index (κ1) is 16.3. The third-order valence-corrected chi connectivity index (χ3v) is 3.39. The molecule has 3 N–H and O–H groups in total. The van der Waals surface area contributed by atoms with Gasteiger partial charge in [-0.25, -0.2) is 0 Å². The third-order valence-electron chi connectivity index (χ3n) is 3.39. The number of methoxy groups -OCH3 is 1. The molecular formula is C15H24N2O3. The standard InChI is InChI=1S/C15H24N2O3/c1-10(17-9-15(2,3)14(19)16-4)12-8-11(20-5)6-7-13(12)18/h6-8,10,17-18H,9H2,1-5H3,(H,16,19). The van der Waals surface area contributed by atoms with Crippen LogP contribution in [-0.4, -0.2) is 31.7 Å². The maximum absolute atomic E-state index is 11.7. The zero-order chi connectivity index (χ0) is 15.3. The second-order valence-electron chi connectivity index (χ2n) is 5.49. The lowest BCUT2D eigenvalue weighted by atomic mass is 9.91. The Balaban J connectivity index is 2.77. The van der Waals surface area contributed by atoms with Gasteiger partial charge in [-0.1, -0.05) is 0 Å². The number of nitrogens with one attached hydrogen (secondary N) is 2. The number of rotatable bonds is 6. The molecular weight excluding hydrogens is 256 g/mol. The first-order valence-electron chi connectivity index (χ1n) is 6.64. The molecule has 0 aliphatic rings. The molecule has 1 aromatic carbocycles. The largest absolute Gasteiger partial charge is 0.508 e. The van der Waals surface area contributed by atoms with Gasteiger partial charge in [-0.2, -0.15) is 0 Å². The van der Waals surface area contributed by atoms with E-state index < -0.39 is 5.41 Å². The molecule has 0 aliphatic carbocycles. The number of carbonyl (C=O) groups is 1. The number of carbonyl (C=O) groups excluding carboxylic acids is 1. The van der Waals surface area contributed by atoms with Crippen molar-refractivity contribution in [3.8, 4) is 11.5 Å². The van der Waals surface area contributed by atoms with Crippen molar-refractivity contribution in [3.63, 3.8) is 0 Å². The summed E-state index contributed by atoms with van der Waals surface area (Å²) in [4.78, 5) is 11.7. The van der Waals surface area contributed by atoms with E-state index in [2.05, 4.69) is 10.6 Å². The summed E-state index contributed by atoms with van der Waals surface area (Å²) in [5.74, 6) is 0.882. The molecule has 5 nitrogen and oxygen atoms in total. The van der Waals surface area contributed by atoms with Crippen LogP contribution in [0.15, 0.2) is 18.2 Å². The summed E-state index contributed by atoms with van der Waals surface area (Å²) in [5, 5.41) is 15.8. The summed E-state index contributed by atoms with van der Waals surface area (Å²) in [6, 6.07) is 5.02. The first-order valence-corrected chi connectivity index (χ1v) is 6.64. The SMILES string of the molecule is CNC(=O)C(C)(C)CNC(C)c1cc(OC)ccc1O. The smallest absolute Gasteiger partial charge is 0.226 e. The van der Waals surface area contributed by atoms with Gasteiger partial charge in [0.05, 0.1) is 12.5 Å². The Morgan fingerprint density at radius 2 is 2.10 bits per heavy atom. The average molecular weight is 280 g/mol. The van der Waals surface area contributed by atoms with Crippen molar-refractivity contribution in [2.75, 3.05) is 20.7 Å². The molecule has 1 amide bonds. The van der Waals surface area contributed by atoms with Crippen molar-refractivity contribution in [1.29, 1.82) is 0 Å². The van der Waals surface area contributed by atoms with Crippen molar-refractivity contribution in [1.82, 2.24) is 10.6 Å². The quantitative estimate of drug-likeness (QED) is 0.743. The van der Waals surface area contributed by atoms with Crippen LogP contribution in [0.3, 0.4) is 0 Å². The maximum Gasteiger partial charge on any atom is 0.226 e. The Labute approximate surface area is 120 Å². The molecule has 0 bridgehead atoms. The number of ether oxygens (including phenoxy) is 1. The van der Waals surface area contributed by atoms with Crippen LogP contribution in [0.4, 0.5) is 0 Å². The van der Waals surface area contributed by atoms with E-state index in [4.69, 9.17) is 4.74 Å². The molecule has 0 saturated carbocycles. The summed E-state index contributed by atoms with van der Waals surface area (Å²) in [5.41, 5.74) is 0.231. The van der Waals surface area contributed by atoms with Crippen molar-refractivity contribution < 1.29 is 14.6 Å². The Hall–Kier alpha value is -1.75. The molecule has 0 fully saturated rings. The van der Waals surface area contributed by atoms with Crippen LogP contribution in [0.2, 0.25) is 0 Å². The fraction of sp³-hybridized carbons (Fsp3) is 0.533. The molecule has 1 rings (SSSR count). The Morgan fingerprint density at radius 3 is 2.65 bits per heavy atom. The van der Waals surface area contributed by atoms with Crippen molar-refractivity contribution in [3.05, 3.63) is 23.8 Å².